The van der Waals surface area contributed by atoms with Gasteiger partial charge in [-0.15, -0.1) is 0 Å². The Labute approximate surface area is 127 Å². The first-order chi connectivity index (χ1) is 10.1. The second kappa shape index (κ2) is 5.76. The minimum atomic E-state index is 0.230. The Morgan fingerprint density at radius 3 is 2.90 bits per heavy atom. The highest BCUT2D eigenvalue weighted by Crippen LogP contribution is 2.39. The van der Waals surface area contributed by atoms with Crippen molar-refractivity contribution in [3.63, 3.8) is 0 Å². The van der Waals surface area contributed by atoms with Crippen LogP contribution in [0, 0.1) is 12.3 Å². The number of carbonyl (C=O) groups excluding carboxylic acids is 1. The number of aromatic nitrogens is 1. The third-order valence-corrected chi connectivity index (χ3v) is 4.96. The lowest BCUT2D eigenvalue weighted by atomic mass is 9.79. The van der Waals surface area contributed by atoms with Gasteiger partial charge >= 0.3 is 0 Å². The van der Waals surface area contributed by atoms with Crippen molar-refractivity contribution >= 4 is 5.91 Å². The van der Waals surface area contributed by atoms with Gasteiger partial charge in [0.1, 0.15) is 0 Å². The molecule has 4 heteroatoms. The van der Waals surface area contributed by atoms with Crippen molar-refractivity contribution in [1.82, 2.24) is 14.8 Å². The lowest BCUT2D eigenvalue weighted by molar-refractivity contribution is -0.132. The van der Waals surface area contributed by atoms with Crippen LogP contribution in [0.5, 0.6) is 0 Å². The van der Waals surface area contributed by atoms with Gasteiger partial charge in [0.15, 0.2) is 0 Å². The predicted molar refractivity (Wildman–Crippen MR) is 82.8 cm³/mol. The molecule has 1 aromatic rings. The summed E-state index contributed by atoms with van der Waals surface area (Å²) in [6.45, 7) is 8.79. The number of rotatable bonds is 2. The van der Waals surface area contributed by atoms with Gasteiger partial charge in [-0.05, 0) is 44.9 Å². The Morgan fingerprint density at radius 1 is 1.29 bits per heavy atom. The van der Waals surface area contributed by atoms with Gasteiger partial charge in [0, 0.05) is 44.2 Å². The maximum atomic E-state index is 11.7. The van der Waals surface area contributed by atoms with Crippen LogP contribution in [-0.4, -0.2) is 46.9 Å². The zero-order valence-electron chi connectivity index (χ0n) is 13.1. The fourth-order valence-corrected chi connectivity index (χ4v) is 3.89. The number of likely N-dealkylation sites (tertiary alicyclic amines) is 2. The lowest BCUT2D eigenvalue weighted by Crippen LogP contribution is -2.46. The van der Waals surface area contributed by atoms with Crippen molar-refractivity contribution in [3.05, 3.63) is 29.6 Å². The molecule has 1 aromatic heterocycles. The highest BCUT2D eigenvalue weighted by atomic mass is 16.2. The number of hydrogen-bond donors (Lipinski definition) is 0. The summed E-state index contributed by atoms with van der Waals surface area (Å²) in [6, 6.07) is 6.24. The van der Waals surface area contributed by atoms with E-state index >= 15 is 0 Å². The summed E-state index contributed by atoms with van der Waals surface area (Å²) in [6.07, 6.45) is 3.62. The minimum Gasteiger partial charge on any atom is -0.342 e. The Morgan fingerprint density at radius 2 is 2.14 bits per heavy atom. The monoisotopic (exact) mass is 287 g/mol. The fraction of sp³-hybridized carbons (Fsp3) is 0.647. The standard InChI is InChI=1S/C17H25N3O/c1-14-5-3-6-16(18-14)11-19-10-8-17(12-19)7-4-9-20(13-17)15(2)21/h3,5-6H,4,7-13H2,1-2H3. The Bertz CT molecular complexity index is 531. The Hall–Kier alpha value is -1.42. The fourth-order valence-electron chi connectivity index (χ4n) is 3.89. The van der Waals surface area contributed by atoms with E-state index in [0.29, 0.717) is 5.41 Å². The van der Waals surface area contributed by atoms with Crippen LogP contribution in [0.1, 0.15) is 37.6 Å². The molecule has 1 unspecified atom stereocenters. The van der Waals surface area contributed by atoms with Crippen molar-refractivity contribution < 1.29 is 4.79 Å². The topological polar surface area (TPSA) is 36.4 Å². The first kappa shape index (κ1) is 14.5. The van der Waals surface area contributed by atoms with Crippen molar-refractivity contribution in [2.24, 2.45) is 5.41 Å². The molecule has 21 heavy (non-hydrogen) atoms. The lowest BCUT2D eigenvalue weighted by Gasteiger charge is -2.40. The first-order valence-electron chi connectivity index (χ1n) is 7.97. The molecule has 114 valence electrons. The summed E-state index contributed by atoms with van der Waals surface area (Å²) in [5.41, 5.74) is 2.57. The van der Waals surface area contributed by atoms with Crippen LogP contribution < -0.4 is 0 Å². The van der Waals surface area contributed by atoms with E-state index in [0.717, 1.165) is 50.5 Å². The van der Waals surface area contributed by atoms with Gasteiger partial charge in [0.2, 0.25) is 5.91 Å². The molecule has 3 heterocycles. The molecule has 0 aromatic carbocycles. The van der Waals surface area contributed by atoms with E-state index in [2.05, 4.69) is 22.0 Å². The average molecular weight is 287 g/mol. The third kappa shape index (κ3) is 3.26. The van der Waals surface area contributed by atoms with E-state index < -0.39 is 0 Å². The van der Waals surface area contributed by atoms with E-state index in [9.17, 15) is 4.79 Å². The largest absolute Gasteiger partial charge is 0.342 e. The number of hydrogen-bond acceptors (Lipinski definition) is 3. The van der Waals surface area contributed by atoms with Crippen molar-refractivity contribution in [1.29, 1.82) is 0 Å². The molecular weight excluding hydrogens is 262 g/mol. The molecule has 2 fully saturated rings. The van der Waals surface area contributed by atoms with Gasteiger partial charge in [-0.2, -0.15) is 0 Å². The summed E-state index contributed by atoms with van der Waals surface area (Å²) in [5.74, 6) is 0.230. The van der Waals surface area contributed by atoms with Crippen LogP contribution in [0.4, 0.5) is 0 Å². The summed E-state index contributed by atoms with van der Waals surface area (Å²) < 4.78 is 0. The first-order valence-corrected chi connectivity index (χ1v) is 7.97. The van der Waals surface area contributed by atoms with Crippen LogP contribution in [-0.2, 0) is 11.3 Å². The normalized spacial score (nSPS) is 26.5. The number of piperidine rings is 1. The van der Waals surface area contributed by atoms with E-state index in [4.69, 9.17) is 0 Å². The van der Waals surface area contributed by atoms with Crippen LogP contribution in [0.15, 0.2) is 18.2 Å². The van der Waals surface area contributed by atoms with E-state index in [1.165, 1.54) is 12.8 Å². The molecule has 2 aliphatic heterocycles. The maximum Gasteiger partial charge on any atom is 0.219 e. The second-order valence-corrected chi connectivity index (χ2v) is 6.78. The quantitative estimate of drug-likeness (QED) is 0.837. The molecule has 1 spiro atoms. The van der Waals surface area contributed by atoms with Crippen LogP contribution in [0.2, 0.25) is 0 Å². The summed E-state index contributed by atoms with van der Waals surface area (Å²) in [5, 5.41) is 0. The molecule has 0 saturated carbocycles. The molecule has 1 atom stereocenters. The van der Waals surface area contributed by atoms with E-state index in [1.807, 2.05) is 17.9 Å². The molecule has 3 rings (SSSR count). The van der Waals surface area contributed by atoms with Crippen LogP contribution >= 0.6 is 0 Å². The molecule has 4 nitrogen and oxygen atoms in total. The third-order valence-electron chi connectivity index (χ3n) is 4.96. The Kier molecular flexibility index (Phi) is 3.98. The maximum absolute atomic E-state index is 11.7. The Balaban J connectivity index is 1.63. The number of aryl methyl sites for hydroxylation is 1. The smallest absolute Gasteiger partial charge is 0.219 e. The number of carbonyl (C=O) groups is 1. The number of amides is 1. The molecule has 2 saturated heterocycles. The van der Waals surface area contributed by atoms with Crippen molar-refractivity contribution in [2.75, 3.05) is 26.2 Å². The highest BCUT2D eigenvalue weighted by Gasteiger charge is 2.41. The summed E-state index contributed by atoms with van der Waals surface area (Å²) >= 11 is 0. The number of nitrogens with zero attached hydrogens (tertiary/aromatic N) is 3. The second-order valence-electron chi connectivity index (χ2n) is 6.78. The van der Waals surface area contributed by atoms with Crippen molar-refractivity contribution in [3.8, 4) is 0 Å². The molecular formula is C17H25N3O. The van der Waals surface area contributed by atoms with E-state index in [-0.39, 0.29) is 5.91 Å². The molecule has 0 aliphatic carbocycles. The van der Waals surface area contributed by atoms with Gasteiger partial charge in [-0.1, -0.05) is 6.07 Å². The molecule has 1 amide bonds. The predicted octanol–water partition coefficient (Wildman–Crippen LogP) is 2.22. The van der Waals surface area contributed by atoms with Gasteiger partial charge in [0.25, 0.3) is 0 Å². The van der Waals surface area contributed by atoms with Gasteiger partial charge in [-0.25, -0.2) is 0 Å². The highest BCUT2D eigenvalue weighted by molar-refractivity contribution is 5.73. The molecule has 2 aliphatic rings. The number of pyridine rings is 1. The molecule has 0 N–H and O–H groups in total. The zero-order chi connectivity index (χ0) is 14.9. The zero-order valence-corrected chi connectivity index (χ0v) is 13.1. The minimum absolute atomic E-state index is 0.230. The van der Waals surface area contributed by atoms with Crippen LogP contribution in [0.25, 0.3) is 0 Å². The van der Waals surface area contributed by atoms with Gasteiger partial charge < -0.3 is 4.90 Å². The molecule has 0 bridgehead atoms. The van der Waals surface area contributed by atoms with Crippen LogP contribution in [0.3, 0.4) is 0 Å². The summed E-state index contributed by atoms with van der Waals surface area (Å²) in [4.78, 5) is 20.8. The average Bonchev–Trinajstić information content (AvgIpc) is 2.81. The SMILES string of the molecule is CC(=O)N1CCCC2(CCN(Cc3cccc(C)n3)C2)C1. The molecule has 0 radical (unpaired) electrons. The van der Waals surface area contributed by atoms with Crippen molar-refractivity contribution in [2.45, 2.75) is 39.7 Å². The van der Waals surface area contributed by atoms with E-state index in [1.54, 1.807) is 6.92 Å². The van der Waals surface area contributed by atoms with Gasteiger partial charge in [-0.3, -0.25) is 14.7 Å². The van der Waals surface area contributed by atoms with Gasteiger partial charge in [0.05, 0.1) is 5.69 Å². The summed E-state index contributed by atoms with van der Waals surface area (Å²) in [7, 11) is 0.